The fourth-order valence-electron chi connectivity index (χ4n) is 2.80. The van der Waals surface area contributed by atoms with Crippen LogP contribution in [0, 0.1) is 13.8 Å². The first-order valence-electron chi connectivity index (χ1n) is 7.89. The Balaban J connectivity index is 1.96. The third-order valence-electron chi connectivity index (χ3n) is 4.12. The number of nitrogens with one attached hydrogen (secondary N) is 2. The highest BCUT2D eigenvalue weighted by atomic mass is 32.1. The summed E-state index contributed by atoms with van der Waals surface area (Å²) < 4.78 is 11.5. The summed E-state index contributed by atoms with van der Waals surface area (Å²) in [5.41, 5.74) is 6.55. The molecule has 3 aromatic rings. The maximum absolute atomic E-state index is 12.7. The van der Waals surface area contributed by atoms with Gasteiger partial charge in [-0.05, 0) is 49.2 Å². The van der Waals surface area contributed by atoms with E-state index >= 15 is 0 Å². The van der Waals surface area contributed by atoms with Crippen molar-refractivity contribution in [2.24, 2.45) is 5.84 Å². The number of rotatable bonds is 5. The zero-order valence-corrected chi connectivity index (χ0v) is 15.8. The van der Waals surface area contributed by atoms with Gasteiger partial charge in [-0.15, -0.1) is 0 Å². The fraction of sp³-hybridized carbons (Fsp3) is 0.222. The van der Waals surface area contributed by atoms with Gasteiger partial charge in [0, 0.05) is 11.3 Å². The molecular weight excluding hydrogens is 352 g/mol. The van der Waals surface area contributed by atoms with Gasteiger partial charge in [-0.2, -0.15) is 0 Å². The molecule has 0 spiro atoms. The number of nitrogens with zero attached hydrogens (tertiary/aromatic N) is 1. The van der Waals surface area contributed by atoms with Crippen molar-refractivity contribution in [1.82, 2.24) is 4.98 Å². The summed E-state index contributed by atoms with van der Waals surface area (Å²) in [5.74, 6) is 6.31. The zero-order valence-electron chi connectivity index (χ0n) is 15.0. The molecule has 0 saturated carbocycles. The number of anilines is 2. The van der Waals surface area contributed by atoms with E-state index in [9.17, 15) is 4.79 Å². The molecule has 0 aliphatic rings. The van der Waals surface area contributed by atoms with E-state index < -0.39 is 0 Å². The van der Waals surface area contributed by atoms with Crippen LogP contribution < -0.4 is 26.1 Å². The van der Waals surface area contributed by atoms with Gasteiger partial charge in [-0.3, -0.25) is 10.2 Å². The van der Waals surface area contributed by atoms with E-state index in [4.69, 9.17) is 15.3 Å². The topological polar surface area (TPSA) is 98.5 Å². The predicted molar refractivity (Wildman–Crippen MR) is 104 cm³/mol. The van der Waals surface area contributed by atoms with Crippen LogP contribution in [-0.2, 0) is 0 Å². The van der Waals surface area contributed by atoms with Crippen molar-refractivity contribution in [2.45, 2.75) is 13.8 Å². The molecule has 0 aliphatic carbocycles. The molecule has 3 rings (SSSR count). The first kappa shape index (κ1) is 18.0. The quantitative estimate of drug-likeness (QED) is 0.469. The van der Waals surface area contributed by atoms with Gasteiger partial charge in [0.1, 0.15) is 0 Å². The van der Waals surface area contributed by atoms with Crippen molar-refractivity contribution >= 4 is 38.3 Å². The first-order chi connectivity index (χ1) is 12.5. The highest BCUT2D eigenvalue weighted by Gasteiger charge is 2.16. The number of nitrogens with two attached hydrogens (primary N) is 1. The molecule has 0 radical (unpaired) electrons. The van der Waals surface area contributed by atoms with Crippen molar-refractivity contribution in [1.29, 1.82) is 0 Å². The Morgan fingerprint density at radius 1 is 1.15 bits per heavy atom. The number of carbonyl (C=O) groups excluding carboxylic acids is 1. The number of amides is 1. The number of fused-ring (bicyclic) bond motifs is 1. The van der Waals surface area contributed by atoms with Crippen LogP contribution in [0.15, 0.2) is 24.3 Å². The summed E-state index contributed by atoms with van der Waals surface area (Å²) in [4.78, 5) is 17.1. The molecule has 0 bridgehead atoms. The predicted octanol–water partition coefficient (Wildman–Crippen LogP) is 3.47. The van der Waals surface area contributed by atoms with Crippen molar-refractivity contribution in [2.75, 3.05) is 25.0 Å². The normalized spacial score (nSPS) is 10.7. The third kappa shape index (κ3) is 3.16. The molecule has 1 amide bonds. The Hall–Kier alpha value is -2.84. The summed E-state index contributed by atoms with van der Waals surface area (Å²) in [7, 11) is 3.09. The summed E-state index contributed by atoms with van der Waals surface area (Å²) in [5, 5.41) is 3.63. The van der Waals surface area contributed by atoms with E-state index in [0.29, 0.717) is 22.2 Å². The number of hydrogen-bond donors (Lipinski definition) is 3. The van der Waals surface area contributed by atoms with E-state index in [1.165, 1.54) is 18.4 Å². The van der Waals surface area contributed by atoms with Crippen LogP contribution in [-0.4, -0.2) is 25.1 Å². The fourth-order valence-corrected chi connectivity index (χ4v) is 3.66. The highest BCUT2D eigenvalue weighted by Crippen LogP contribution is 2.35. The van der Waals surface area contributed by atoms with E-state index in [1.54, 1.807) is 25.3 Å². The lowest BCUT2D eigenvalue weighted by Gasteiger charge is -2.13. The van der Waals surface area contributed by atoms with Crippen molar-refractivity contribution < 1.29 is 14.3 Å². The van der Waals surface area contributed by atoms with Gasteiger partial charge in [0.05, 0.1) is 24.4 Å². The molecule has 1 aromatic heterocycles. The third-order valence-corrected chi connectivity index (χ3v) is 5.25. The average Bonchev–Trinajstić information content (AvgIpc) is 3.07. The molecule has 4 N–H and O–H groups in total. The number of hydrogen-bond acceptors (Lipinski definition) is 7. The summed E-state index contributed by atoms with van der Waals surface area (Å²) >= 11 is 1.45. The first-order valence-corrected chi connectivity index (χ1v) is 8.70. The van der Waals surface area contributed by atoms with Gasteiger partial charge in [0.15, 0.2) is 16.6 Å². The number of hydrazine groups is 1. The molecule has 8 heteroatoms. The Labute approximate surface area is 155 Å². The number of benzene rings is 2. The van der Waals surface area contributed by atoms with Crippen LogP contribution in [0.25, 0.3) is 10.2 Å². The lowest BCUT2D eigenvalue weighted by atomic mass is 10.1. The minimum absolute atomic E-state index is 0.224. The molecule has 0 fully saturated rings. The number of carbonyl (C=O) groups is 1. The Bertz CT molecular complexity index is 984. The van der Waals surface area contributed by atoms with Gasteiger partial charge in [-0.25, -0.2) is 10.8 Å². The molecule has 0 aliphatic heterocycles. The molecule has 26 heavy (non-hydrogen) atoms. The van der Waals surface area contributed by atoms with Crippen LogP contribution in [0.5, 0.6) is 11.5 Å². The second-order valence-electron chi connectivity index (χ2n) is 5.73. The van der Waals surface area contributed by atoms with Crippen molar-refractivity contribution in [3.63, 3.8) is 0 Å². The minimum Gasteiger partial charge on any atom is -0.493 e. The molecule has 0 saturated heterocycles. The second-order valence-corrected chi connectivity index (χ2v) is 6.73. The van der Waals surface area contributed by atoms with Crippen LogP contribution in [0.1, 0.15) is 21.5 Å². The van der Waals surface area contributed by atoms with Crippen LogP contribution in [0.3, 0.4) is 0 Å². The SMILES string of the molecule is COc1ccc(C(=O)Nc2c(C)cc3nc(NN)sc3c2C)cc1OC. The molecule has 7 nitrogen and oxygen atoms in total. The Morgan fingerprint density at radius 3 is 2.54 bits per heavy atom. The van der Waals surface area contributed by atoms with Gasteiger partial charge >= 0.3 is 0 Å². The molecule has 136 valence electrons. The van der Waals surface area contributed by atoms with Gasteiger partial charge < -0.3 is 14.8 Å². The monoisotopic (exact) mass is 372 g/mol. The largest absolute Gasteiger partial charge is 0.493 e. The Kier molecular flexibility index (Phi) is 4.97. The smallest absolute Gasteiger partial charge is 0.255 e. The van der Waals surface area contributed by atoms with Crippen LogP contribution in [0.4, 0.5) is 10.8 Å². The van der Waals surface area contributed by atoms with Crippen molar-refractivity contribution in [3.05, 3.63) is 41.0 Å². The second kappa shape index (κ2) is 7.19. The van der Waals surface area contributed by atoms with Crippen molar-refractivity contribution in [3.8, 4) is 11.5 Å². The molecular formula is C18H20N4O3S. The summed E-state index contributed by atoms with van der Waals surface area (Å²) in [6, 6.07) is 6.99. The van der Waals surface area contributed by atoms with E-state index in [-0.39, 0.29) is 5.91 Å². The summed E-state index contributed by atoms with van der Waals surface area (Å²) in [6.45, 7) is 3.89. The minimum atomic E-state index is -0.224. The molecule has 0 atom stereocenters. The lowest BCUT2D eigenvalue weighted by Crippen LogP contribution is -2.14. The standard InChI is InChI=1S/C18H20N4O3S/c1-9-7-12-16(26-18(20-12)22-19)10(2)15(9)21-17(23)11-5-6-13(24-3)14(8-11)25-4/h5-8H,19H2,1-4H3,(H,20,22)(H,21,23). The molecule has 1 heterocycles. The van der Waals surface area contributed by atoms with Crippen LogP contribution in [0.2, 0.25) is 0 Å². The van der Waals surface area contributed by atoms with Gasteiger partial charge in [0.25, 0.3) is 5.91 Å². The zero-order chi connectivity index (χ0) is 18.8. The number of aryl methyl sites for hydroxylation is 2. The van der Waals surface area contributed by atoms with E-state index in [0.717, 1.165) is 27.0 Å². The lowest BCUT2D eigenvalue weighted by molar-refractivity contribution is 0.102. The van der Waals surface area contributed by atoms with Gasteiger partial charge in [0.2, 0.25) is 0 Å². The maximum atomic E-state index is 12.7. The number of aromatic nitrogens is 1. The maximum Gasteiger partial charge on any atom is 0.255 e. The van der Waals surface area contributed by atoms with Crippen LogP contribution >= 0.6 is 11.3 Å². The average molecular weight is 372 g/mol. The highest BCUT2D eigenvalue weighted by molar-refractivity contribution is 7.22. The number of methoxy groups -OCH3 is 2. The number of ether oxygens (including phenoxy) is 2. The number of thiazole rings is 1. The molecule has 2 aromatic carbocycles. The van der Waals surface area contributed by atoms with E-state index in [1.807, 2.05) is 19.9 Å². The number of nitrogen functional groups attached to an aromatic ring is 1. The Morgan fingerprint density at radius 2 is 1.88 bits per heavy atom. The molecule has 0 unspecified atom stereocenters. The van der Waals surface area contributed by atoms with Gasteiger partial charge in [-0.1, -0.05) is 11.3 Å². The summed E-state index contributed by atoms with van der Waals surface area (Å²) in [6.07, 6.45) is 0. The van der Waals surface area contributed by atoms with E-state index in [2.05, 4.69) is 15.7 Å².